The summed E-state index contributed by atoms with van der Waals surface area (Å²) in [6.07, 6.45) is -16.2. The lowest BCUT2D eigenvalue weighted by atomic mass is 9.82. The molecule has 8 aromatic carbocycles. The van der Waals surface area contributed by atoms with Gasteiger partial charge in [0.1, 0.15) is 19.0 Å². The molecular formula is C62H43BCl2F11N2O6-. The summed E-state index contributed by atoms with van der Waals surface area (Å²) in [7, 11) is 0. The van der Waals surface area contributed by atoms with Crippen molar-refractivity contribution in [2.24, 2.45) is 0 Å². The van der Waals surface area contributed by atoms with Crippen molar-refractivity contribution in [1.82, 2.24) is 9.29 Å². The van der Waals surface area contributed by atoms with Gasteiger partial charge in [-0.05, 0) is 130 Å². The molecule has 0 fully saturated rings. The molecule has 84 heavy (non-hydrogen) atoms. The molecule has 2 aliphatic rings. The molecule has 0 spiro atoms. The smallest absolute Gasteiger partial charge is 0.463 e. The number of esters is 3. The number of hydrogen-bond donors (Lipinski definition) is 0. The average Bonchev–Trinajstić information content (AvgIpc) is 1.30. The van der Waals surface area contributed by atoms with Crippen LogP contribution in [0.1, 0.15) is 92.9 Å². The van der Waals surface area contributed by atoms with E-state index in [1.165, 1.54) is 52.0 Å². The molecule has 1 aromatic heterocycles. The Kier molecular flexibility index (Phi) is 14.4. The zero-order chi connectivity index (χ0) is 60.3. The second kappa shape index (κ2) is 20.9. The van der Waals surface area contributed by atoms with E-state index in [0.717, 1.165) is 33.6 Å². The van der Waals surface area contributed by atoms with Gasteiger partial charge in [0.05, 0.1) is 37.9 Å². The van der Waals surface area contributed by atoms with Crippen LogP contribution in [-0.2, 0) is 57.2 Å². The van der Waals surface area contributed by atoms with Gasteiger partial charge in [0.15, 0.2) is 0 Å². The monoisotopic (exact) mass is 1200 g/mol. The Morgan fingerprint density at radius 2 is 1.07 bits per heavy atom. The molecule has 2 aliphatic heterocycles. The maximum absolute atomic E-state index is 17.7. The third kappa shape index (κ3) is 9.64. The zero-order valence-electron chi connectivity index (χ0n) is 44.5. The first-order chi connectivity index (χ1) is 39.6. The highest BCUT2D eigenvalue weighted by atomic mass is 35.5. The highest BCUT2D eigenvalue weighted by Gasteiger charge is 2.53. The number of aromatic nitrogens is 1. The number of ether oxygens (including phenoxy) is 3. The predicted octanol–water partition coefficient (Wildman–Crippen LogP) is 17.6. The summed E-state index contributed by atoms with van der Waals surface area (Å²) >= 11 is 14.2. The van der Waals surface area contributed by atoms with Crippen molar-refractivity contribution >= 4 is 96.7 Å². The molecule has 11 rings (SSSR count). The van der Waals surface area contributed by atoms with Crippen molar-refractivity contribution in [2.75, 3.05) is 0 Å². The molecule has 1 unspecified atom stereocenters. The Morgan fingerprint density at radius 3 is 1.57 bits per heavy atom. The number of hydrogen-bond acceptors (Lipinski definition) is 7. The van der Waals surface area contributed by atoms with Crippen molar-refractivity contribution < 1.29 is 76.7 Å². The van der Waals surface area contributed by atoms with Gasteiger partial charge < -0.3 is 32.1 Å². The summed E-state index contributed by atoms with van der Waals surface area (Å²) in [4.78, 5) is 42.4. The highest BCUT2D eigenvalue weighted by molar-refractivity contribution is 6.64. The SMILES string of the molecule is CC1=C(C(=O)OCc2ccccc2)C(C)N2C1=C(c1c(Cl)cc(OC(=O)CCCc3ccc4c5ccc(C(F)(F)F)c6c(C(F)(F)F)ccc(c7ccc(C(F)(F)F)c3c47)c65)cc1Cl)c1c(C)c(C(=O)OCc3ccccc3)c(C)n1[B-]2(F)F. The lowest BCUT2D eigenvalue weighted by molar-refractivity contribution is -0.141. The number of allylic oxidation sites excluding steroid dienone is 1. The normalized spacial score (nSPS) is 15.4. The molecule has 0 bridgehead atoms. The van der Waals surface area contributed by atoms with Crippen molar-refractivity contribution in [3.8, 4) is 5.75 Å². The Balaban J connectivity index is 0.938. The maximum atomic E-state index is 17.7. The first kappa shape index (κ1) is 57.7. The Labute approximate surface area is 481 Å². The lowest BCUT2D eigenvalue weighted by Gasteiger charge is -2.49. The van der Waals surface area contributed by atoms with Crippen LogP contribution in [0, 0.1) is 13.8 Å². The van der Waals surface area contributed by atoms with Crippen LogP contribution in [0.25, 0.3) is 48.7 Å². The molecule has 0 saturated carbocycles. The van der Waals surface area contributed by atoms with Crippen LogP contribution in [-0.4, -0.2) is 40.2 Å². The van der Waals surface area contributed by atoms with Crippen LogP contribution in [0.5, 0.6) is 5.75 Å². The zero-order valence-corrected chi connectivity index (χ0v) is 46.0. The number of carbonyl (C=O) groups excluding carboxylic acids is 3. The van der Waals surface area contributed by atoms with Crippen LogP contribution in [0.15, 0.2) is 138 Å². The van der Waals surface area contributed by atoms with Crippen LogP contribution in [0.3, 0.4) is 0 Å². The molecular weight excluding hydrogens is 1160 g/mol. The van der Waals surface area contributed by atoms with E-state index < -0.39 is 83.3 Å². The molecule has 432 valence electrons. The lowest BCUT2D eigenvalue weighted by Crippen LogP contribution is -2.57. The van der Waals surface area contributed by atoms with Crippen LogP contribution < -0.4 is 4.74 Å². The topological polar surface area (TPSA) is 87.1 Å². The van der Waals surface area contributed by atoms with E-state index in [0.29, 0.717) is 23.3 Å². The summed E-state index contributed by atoms with van der Waals surface area (Å²) in [6, 6.07) is 25.7. The van der Waals surface area contributed by atoms with Gasteiger partial charge in [0.2, 0.25) is 0 Å². The third-order valence-corrected chi connectivity index (χ3v) is 16.3. The molecule has 3 heterocycles. The molecule has 0 amide bonds. The first-order valence-electron chi connectivity index (χ1n) is 26.1. The second-order valence-corrected chi connectivity index (χ2v) is 21.5. The molecule has 0 radical (unpaired) electrons. The fraction of sp³-hybridized carbons (Fsp3) is 0.210. The van der Waals surface area contributed by atoms with Crippen molar-refractivity contribution in [1.29, 1.82) is 0 Å². The molecule has 22 heteroatoms. The van der Waals surface area contributed by atoms with Gasteiger partial charge in [-0.3, -0.25) is 4.79 Å². The molecule has 0 N–H and O–H groups in total. The van der Waals surface area contributed by atoms with E-state index in [4.69, 9.17) is 37.4 Å². The number of halogens is 13. The summed E-state index contributed by atoms with van der Waals surface area (Å²) < 4.78 is 184. The largest absolute Gasteiger partial charge is 0.529 e. The van der Waals surface area contributed by atoms with Gasteiger partial charge in [-0.1, -0.05) is 114 Å². The van der Waals surface area contributed by atoms with Crippen LogP contribution >= 0.6 is 23.2 Å². The van der Waals surface area contributed by atoms with Gasteiger partial charge in [-0.2, -0.15) is 39.5 Å². The fourth-order valence-electron chi connectivity index (χ4n) is 12.3. The average molecular weight is 1200 g/mol. The standard InChI is InChI=1S/C62H43BCl2F11N2O6/c1-30-48(58(80)82-28-34-12-7-5-8-13-34)32(3)77-56(30)55(57-31(2)49(33(4)78(57)63(77,75)76)59(81)83-29-35-14-9-6-10-15-35)54-45(64)26-37(27-46(54)65)84-47(79)17-11-16-36-18-19-38-40-21-24-43(61(69,70)71)53-44(62(72,73)74)25-22-41(52(40)53)39-20-23-42(60(66,67)68)50(36)51(38)39/h5-10,12-15,18-27,32H,11,16-17,28-29H2,1-4H3/q-1. The van der Waals surface area contributed by atoms with E-state index in [9.17, 15) is 53.9 Å². The second-order valence-electron chi connectivity index (χ2n) is 20.7. The number of nitrogens with zero attached hydrogens (tertiary/aromatic N) is 2. The number of benzene rings is 8. The van der Waals surface area contributed by atoms with E-state index >= 15 is 8.63 Å². The summed E-state index contributed by atoms with van der Waals surface area (Å²) in [5.74, 6) is -2.91. The molecule has 9 aromatic rings. The summed E-state index contributed by atoms with van der Waals surface area (Å²) in [6.45, 7) is 0.467. The fourth-order valence-corrected chi connectivity index (χ4v) is 12.9. The minimum Gasteiger partial charge on any atom is -0.463 e. The predicted molar refractivity (Wildman–Crippen MR) is 297 cm³/mol. The minimum atomic E-state index is -5.22. The number of rotatable bonds is 12. The third-order valence-electron chi connectivity index (χ3n) is 15.7. The Hall–Kier alpha value is -8.10. The molecule has 0 saturated heterocycles. The highest BCUT2D eigenvalue weighted by Crippen LogP contribution is 2.55. The van der Waals surface area contributed by atoms with Gasteiger partial charge in [-0.15, -0.1) is 0 Å². The molecule has 0 aliphatic carbocycles. The van der Waals surface area contributed by atoms with Crippen LogP contribution in [0.2, 0.25) is 10.0 Å². The molecule has 1 atom stereocenters. The number of aryl methyl sites for hydroxylation is 1. The summed E-state index contributed by atoms with van der Waals surface area (Å²) in [5, 5.41) is -2.76. The van der Waals surface area contributed by atoms with E-state index in [1.54, 1.807) is 60.7 Å². The number of alkyl halides is 9. The molecule has 8 nitrogen and oxygen atoms in total. The first-order valence-corrected chi connectivity index (χ1v) is 26.9. The number of fused-ring (bicyclic) bond motifs is 4. The van der Waals surface area contributed by atoms with Gasteiger partial charge in [-0.25, -0.2) is 9.59 Å². The number of carbonyl (C=O) groups is 3. The Morgan fingerprint density at radius 1 is 0.607 bits per heavy atom. The van der Waals surface area contributed by atoms with E-state index in [-0.39, 0.29) is 130 Å². The van der Waals surface area contributed by atoms with E-state index in [2.05, 4.69) is 0 Å². The van der Waals surface area contributed by atoms with Crippen molar-refractivity contribution in [2.45, 2.75) is 84.7 Å². The van der Waals surface area contributed by atoms with Gasteiger partial charge >= 0.3 is 43.4 Å². The van der Waals surface area contributed by atoms with Gasteiger partial charge in [0, 0.05) is 52.5 Å². The minimum absolute atomic E-state index is 0.00910. The van der Waals surface area contributed by atoms with E-state index in [1.807, 2.05) is 0 Å². The quantitative estimate of drug-likeness (QED) is 0.0301. The van der Waals surface area contributed by atoms with Crippen molar-refractivity contribution in [3.05, 3.63) is 210 Å². The summed E-state index contributed by atoms with van der Waals surface area (Å²) in [5.41, 5.74) is -3.54. The van der Waals surface area contributed by atoms with Crippen LogP contribution in [0.4, 0.5) is 48.1 Å². The van der Waals surface area contributed by atoms with Gasteiger partial charge in [0.25, 0.3) is 0 Å². The Bertz CT molecular complexity index is 4200. The van der Waals surface area contributed by atoms with Crippen molar-refractivity contribution in [3.63, 3.8) is 0 Å². The maximum Gasteiger partial charge on any atom is 0.529 e.